The van der Waals surface area contributed by atoms with Crippen LogP contribution < -0.4 is 5.32 Å². The number of aliphatic carboxylic acids is 1. The third-order valence-corrected chi connectivity index (χ3v) is 4.05. The molecular weight excluding hydrogens is 232 g/mol. The van der Waals surface area contributed by atoms with Crippen molar-refractivity contribution >= 4 is 11.9 Å². The van der Waals surface area contributed by atoms with E-state index in [9.17, 15) is 9.59 Å². The minimum atomic E-state index is -0.721. The molecule has 1 saturated carbocycles. The van der Waals surface area contributed by atoms with Gasteiger partial charge in [-0.25, -0.2) is 0 Å². The van der Waals surface area contributed by atoms with Crippen LogP contribution in [0.4, 0.5) is 0 Å². The van der Waals surface area contributed by atoms with Gasteiger partial charge in [0.05, 0.1) is 5.92 Å². The van der Waals surface area contributed by atoms with Crippen LogP contribution in [0.15, 0.2) is 0 Å². The zero-order chi connectivity index (χ0) is 13.0. The van der Waals surface area contributed by atoms with E-state index in [-0.39, 0.29) is 17.9 Å². The highest BCUT2D eigenvalue weighted by Crippen LogP contribution is 2.27. The van der Waals surface area contributed by atoms with E-state index in [1.54, 1.807) is 0 Å². The first kappa shape index (κ1) is 13.3. The van der Waals surface area contributed by atoms with Gasteiger partial charge >= 0.3 is 5.97 Å². The van der Waals surface area contributed by atoms with Crippen LogP contribution in [-0.4, -0.2) is 47.6 Å². The molecule has 1 aliphatic carbocycles. The molecule has 102 valence electrons. The van der Waals surface area contributed by atoms with Crippen LogP contribution in [0, 0.1) is 5.92 Å². The van der Waals surface area contributed by atoms with E-state index in [2.05, 4.69) is 5.32 Å². The van der Waals surface area contributed by atoms with Crippen LogP contribution in [0.1, 0.15) is 38.5 Å². The second-order valence-corrected chi connectivity index (χ2v) is 5.27. The lowest BCUT2D eigenvalue weighted by Gasteiger charge is -2.34. The first-order valence-corrected chi connectivity index (χ1v) is 6.92. The zero-order valence-electron chi connectivity index (χ0n) is 10.7. The molecule has 1 aliphatic heterocycles. The lowest BCUT2D eigenvalue weighted by molar-refractivity contribution is -0.146. The Morgan fingerprint density at radius 1 is 1.17 bits per heavy atom. The monoisotopic (exact) mass is 254 g/mol. The molecule has 0 radical (unpaired) electrons. The molecule has 2 atom stereocenters. The third kappa shape index (κ3) is 3.22. The van der Waals surface area contributed by atoms with Crippen molar-refractivity contribution in [1.29, 1.82) is 0 Å². The number of rotatable bonds is 5. The average Bonchev–Trinajstić information content (AvgIpc) is 2.33. The highest BCUT2D eigenvalue weighted by Gasteiger charge is 2.36. The quantitative estimate of drug-likeness (QED) is 0.763. The minimum Gasteiger partial charge on any atom is -0.481 e. The number of amides is 1. The van der Waals surface area contributed by atoms with Crippen molar-refractivity contribution < 1.29 is 14.7 Å². The average molecular weight is 254 g/mol. The summed E-state index contributed by atoms with van der Waals surface area (Å²) in [5.41, 5.74) is 0. The number of carbonyl (C=O) groups excluding carboxylic acids is 1. The Balaban J connectivity index is 1.63. The van der Waals surface area contributed by atoms with E-state index in [0.29, 0.717) is 13.0 Å². The molecule has 2 aliphatic rings. The number of piperidine rings is 1. The fraction of sp³-hybridized carbons (Fsp3) is 0.846. The molecule has 2 fully saturated rings. The number of hydrogen-bond acceptors (Lipinski definition) is 3. The second-order valence-electron chi connectivity index (χ2n) is 5.27. The van der Waals surface area contributed by atoms with Crippen LogP contribution in [-0.2, 0) is 9.59 Å². The molecule has 5 nitrogen and oxygen atoms in total. The van der Waals surface area contributed by atoms with Crippen LogP contribution in [0.2, 0.25) is 0 Å². The van der Waals surface area contributed by atoms with Crippen molar-refractivity contribution in [3.05, 3.63) is 0 Å². The highest BCUT2D eigenvalue weighted by molar-refractivity contribution is 5.76. The molecule has 2 unspecified atom stereocenters. The first-order chi connectivity index (χ1) is 8.68. The third-order valence-electron chi connectivity index (χ3n) is 4.05. The molecule has 1 saturated heterocycles. The predicted molar refractivity (Wildman–Crippen MR) is 67.2 cm³/mol. The molecule has 2 N–H and O–H groups in total. The van der Waals surface area contributed by atoms with E-state index in [4.69, 9.17) is 5.11 Å². The Bertz CT molecular complexity index is 313. The number of nitrogens with zero attached hydrogens (tertiary/aromatic N) is 1. The molecule has 2 rings (SSSR count). The van der Waals surface area contributed by atoms with Crippen molar-refractivity contribution in [2.45, 2.75) is 44.6 Å². The van der Waals surface area contributed by atoms with Crippen molar-refractivity contribution in [2.24, 2.45) is 5.92 Å². The summed E-state index contributed by atoms with van der Waals surface area (Å²) in [6, 6.07) is 0.0663. The number of carbonyl (C=O) groups is 2. The topological polar surface area (TPSA) is 69.6 Å². The maximum Gasteiger partial charge on any atom is 0.308 e. The summed E-state index contributed by atoms with van der Waals surface area (Å²) >= 11 is 0. The van der Waals surface area contributed by atoms with E-state index in [0.717, 1.165) is 38.8 Å². The minimum absolute atomic E-state index is 0.0663. The molecule has 18 heavy (non-hydrogen) atoms. The van der Waals surface area contributed by atoms with Gasteiger partial charge in [-0.1, -0.05) is 0 Å². The normalized spacial score (nSPS) is 27.7. The smallest absolute Gasteiger partial charge is 0.308 e. The van der Waals surface area contributed by atoms with Crippen molar-refractivity contribution in [2.75, 3.05) is 19.6 Å². The molecule has 0 spiro atoms. The Hall–Kier alpha value is -1.10. The molecule has 0 aromatic heterocycles. The standard InChI is InChI=1S/C13H22N2O3/c16-12(15-8-2-1-3-9-15)6-7-14-11-5-4-10(11)13(17)18/h10-11,14H,1-9H2,(H,17,18). The van der Waals surface area contributed by atoms with Gasteiger partial charge in [0, 0.05) is 32.1 Å². The van der Waals surface area contributed by atoms with Gasteiger partial charge in [0.15, 0.2) is 0 Å². The van der Waals surface area contributed by atoms with Crippen molar-refractivity contribution in [3.8, 4) is 0 Å². The van der Waals surface area contributed by atoms with E-state index >= 15 is 0 Å². The second kappa shape index (κ2) is 6.18. The summed E-state index contributed by atoms with van der Waals surface area (Å²) < 4.78 is 0. The predicted octanol–water partition coefficient (Wildman–Crippen LogP) is 0.842. The SMILES string of the molecule is O=C(O)C1CCC1NCCC(=O)N1CCCCC1. The fourth-order valence-electron chi connectivity index (χ4n) is 2.71. The molecule has 0 aromatic rings. The van der Waals surface area contributed by atoms with Gasteiger partial charge in [-0.05, 0) is 32.1 Å². The summed E-state index contributed by atoms with van der Waals surface area (Å²) in [7, 11) is 0. The molecule has 1 heterocycles. The van der Waals surface area contributed by atoms with Crippen molar-refractivity contribution in [3.63, 3.8) is 0 Å². The van der Waals surface area contributed by atoms with Gasteiger partial charge in [0.2, 0.25) is 5.91 Å². The van der Waals surface area contributed by atoms with Crippen LogP contribution in [0.25, 0.3) is 0 Å². The van der Waals surface area contributed by atoms with Gasteiger partial charge in [-0.2, -0.15) is 0 Å². The van der Waals surface area contributed by atoms with Gasteiger partial charge in [-0.3, -0.25) is 9.59 Å². The molecule has 0 aromatic carbocycles. The number of nitrogens with one attached hydrogen (secondary N) is 1. The molecule has 0 bridgehead atoms. The Kier molecular flexibility index (Phi) is 4.58. The lowest BCUT2D eigenvalue weighted by atomic mass is 9.79. The number of carboxylic acid groups (broad SMARTS) is 1. The molecule has 1 amide bonds. The Labute approximate surface area is 108 Å². The number of hydrogen-bond donors (Lipinski definition) is 2. The molecule has 5 heteroatoms. The van der Waals surface area contributed by atoms with E-state index < -0.39 is 5.97 Å². The summed E-state index contributed by atoms with van der Waals surface area (Å²) in [4.78, 5) is 24.6. The lowest BCUT2D eigenvalue weighted by Crippen LogP contribution is -2.48. The summed E-state index contributed by atoms with van der Waals surface area (Å²) in [5, 5.41) is 12.1. The summed E-state index contributed by atoms with van der Waals surface area (Å²) in [6.45, 7) is 2.38. The fourth-order valence-corrected chi connectivity index (χ4v) is 2.71. The zero-order valence-corrected chi connectivity index (χ0v) is 10.7. The van der Waals surface area contributed by atoms with Gasteiger partial charge < -0.3 is 15.3 Å². The summed E-state index contributed by atoms with van der Waals surface area (Å²) in [5.74, 6) is -0.774. The van der Waals surface area contributed by atoms with Gasteiger partial charge in [0.1, 0.15) is 0 Å². The Morgan fingerprint density at radius 2 is 1.89 bits per heavy atom. The first-order valence-electron chi connectivity index (χ1n) is 6.92. The van der Waals surface area contributed by atoms with Crippen LogP contribution in [0.5, 0.6) is 0 Å². The highest BCUT2D eigenvalue weighted by atomic mass is 16.4. The summed E-state index contributed by atoms with van der Waals surface area (Å²) in [6.07, 6.45) is 5.61. The van der Waals surface area contributed by atoms with Gasteiger partial charge in [0.25, 0.3) is 0 Å². The van der Waals surface area contributed by atoms with Crippen LogP contribution in [0.3, 0.4) is 0 Å². The Morgan fingerprint density at radius 3 is 2.44 bits per heavy atom. The number of likely N-dealkylation sites (tertiary alicyclic amines) is 1. The molecular formula is C13H22N2O3. The van der Waals surface area contributed by atoms with E-state index in [1.165, 1.54) is 6.42 Å². The van der Waals surface area contributed by atoms with Gasteiger partial charge in [-0.15, -0.1) is 0 Å². The van der Waals surface area contributed by atoms with E-state index in [1.807, 2.05) is 4.90 Å². The number of carboxylic acids is 1. The van der Waals surface area contributed by atoms with Crippen molar-refractivity contribution in [1.82, 2.24) is 10.2 Å². The van der Waals surface area contributed by atoms with Crippen LogP contribution >= 0.6 is 0 Å². The maximum absolute atomic E-state index is 11.9. The largest absolute Gasteiger partial charge is 0.481 e. The maximum atomic E-state index is 11.9.